The Hall–Kier alpha value is -4.68. The summed E-state index contributed by atoms with van der Waals surface area (Å²) in [6.07, 6.45) is -1.72. The molecule has 4 atom stereocenters. The summed E-state index contributed by atoms with van der Waals surface area (Å²) in [5, 5.41) is 2.68. The van der Waals surface area contributed by atoms with Gasteiger partial charge in [0.25, 0.3) is 5.91 Å². The molecule has 1 N–H and O–H groups in total. The maximum Gasteiger partial charge on any atom is 0.416 e. The van der Waals surface area contributed by atoms with E-state index in [1.165, 1.54) is 50.6 Å². The van der Waals surface area contributed by atoms with Gasteiger partial charge in [0.2, 0.25) is 6.79 Å². The monoisotopic (exact) mass is 660 g/mol. The van der Waals surface area contributed by atoms with Crippen molar-refractivity contribution in [3.8, 4) is 11.5 Å². The molecule has 0 saturated carbocycles. The van der Waals surface area contributed by atoms with Crippen LogP contribution in [0, 0.1) is 17.7 Å². The summed E-state index contributed by atoms with van der Waals surface area (Å²) in [7, 11) is 1.36. The zero-order valence-electron chi connectivity index (χ0n) is 26.1. The molecule has 1 aromatic heterocycles. The predicted molar refractivity (Wildman–Crippen MR) is 161 cm³/mol. The number of pyridine rings is 1. The third-order valence-corrected chi connectivity index (χ3v) is 8.10. The van der Waals surface area contributed by atoms with Crippen molar-refractivity contribution in [1.82, 2.24) is 10.3 Å². The number of nitrogens with one attached hydrogen (secondary N) is 1. The summed E-state index contributed by atoms with van der Waals surface area (Å²) in [5.41, 5.74) is 0.558. The number of alkyl halides is 3. The van der Waals surface area contributed by atoms with Gasteiger partial charge in [0.15, 0.2) is 17.2 Å². The average molecular weight is 661 g/mol. The molecular formula is C34H36F4N2O7. The van der Waals surface area contributed by atoms with E-state index in [1.807, 2.05) is 0 Å². The molecule has 1 aliphatic heterocycles. The molecule has 0 spiro atoms. The second-order valence-electron chi connectivity index (χ2n) is 11.3. The first-order chi connectivity index (χ1) is 22.3. The SMILES string of the molecule is COc1ccnc(C(=O)NC2CCCC(Cc3ccc(C(F)(F)F)cc3)C(Cc3ccc(F)cc3)C(C)OC2=O)c1OCOC(C)=O. The highest BCUT2D eigenvalue weighted by Gasteiger charge is 2.36. The third-order valence-electron chi connectivity index (χ3n) is 8.10. The number of hydrogen-bond acceptors (Lipinski definition) is 8. The van der Waals surface area contributed by atoms with E-state index in [0.717, 1.165) is 17.7 Å². The van der Waals surface area contributed by atoms with Crippen molar-refractivity contribution < 1.29 is 50.9 Å². The van der Waals surface area contributed by atoms with Crippen molar-refractivity contribution in [2.45, 2.75) is 64.3 Å². The molecule has 4 unspecified atom stereocenters. The number of cyclic esters (lactones) is 1. The molecule has 4 rings (SSSR count). The van der Waals surface area contributed by atoms with E-state index < -0.39 is 54.3 Å². The minimum atomic E-state index is -4.46. The largest absolute Gasteiger partial charge is 0.493 e. The van der Waals surface area contributed by atoms with E-state index in [9.17, 15) is 31.9 Å². The minimum Gasteiger partial charge on any atom is -0.493 e. The van der Waals surface area contributed by atoms with Gasteiger partial charge in [-0.3, -0.25) is 9.59 Å². The van der Waals surface area contributed by atoms with Crippen LogP contribution in [0.5, 0.6) is 11.5 Å². The molecule has 9 nitrogen and oxygen atoms in total. The highest BCUT2D eigenvalue weighted by molar-refractivity contribution is 5.98. The van der Waals surface area contributed by atoms with Crippen molar-refractivity contribution in [2.24, 2.45) is 11.8 Å². The van der Waals surface area contributed by atoms with Crippen LogP contribution in [0.3, 0.4) is 0 Å². The molecule has 2 aromatic carbocycles. The summed E-state index contributed by atoms with van der Waals surface area (Å²) in [4.78, 5) is 42.2. The summed E-state index contributed by atoms with van der Waals surface area (Å²) in [6, 6.07) is 11.4. The van der Waals surface area contributed by atoms with E-state index in [2.05, 4.69) is 10.3 Å². The lowest BCUT2D eigenvalue weighted by molar-refractivity contribution is -0.154. The Labute approximate surface area is 269 Å². The summed E-state index contributed by atoms with van der Waals surface area (Å²) in [5.74, 6) is -2.76. The number of rotatable bonds is 10. The van der Waals surface area contributed by atoms with Crippen LogP contribution in [-0.4, -0.2) is 48.9 Å². The van der Waals surface area contributed by atoms with Gasteiger partial charge in [-0.05, 0) is 73.9 Å². The van der Waals surface area contributed by atoms with Gasteiger partial charge in [-0.1, -0.05) is 30.7 Å². The second kappa shape index (κ2) is 15.7. The first-order valence-corrected chi connectivity index (χ1v) is 15.1. The van der Waals surface area contributed by atoms with Crippen molar-refractivity contribution in [3.05, 3.63) is 89.0 Å². The van der Waals surface area contributed by atoms with Gasteiger partial charge in [0.1, 0.15) is 18.0 Å². The van der Waals surface area contributed by atoms with Crippen molar-refractivity contribution in [2.75, 3.05) is 13.9 Å². The Morgan fingerprint density at radius 3 is 2.30 bits per heavy atom. The van der Waals surface area contributed by atoms with Crippen molar-refractivity contribution in [1.29, 1.82) is 0 Å². The standard InChI is InChI=1S/C34H36F4N2O7/c1-20-27(18-23-9-13-26(35)14-10-23)24(17-22-7-11-25(12-8-22)34(36,37)38)5-4-6-28(33(43)47-20)40-32(42)30-31(46-19-45-21(2)41)29(44-3)15-16-39-30/h7-16,20,24,27-28H,4-6,17-19H2,1-3H3,(H,40,42). The number of halogens is 4. The number of aromatic nitrogens is 1. The fourth-order valence-corrected chi connectivity index (χ4v) is 5.68. The second-order valence-corrected chi connectivity index (χ2v) is 11.3. The minimum absolute atomic E-state index is 0.0884. The number of nitrogens with zero attached hydrogens (tertiary/aromatic N) is 1. The lowest BCUT2D eigenvalue weighted by Gasteiger charge is -2.31. The van der Waals surface area contributed by atoms with Crippen LogP contribution < -0.4 is 14.8 Å². The fourth-order valence-electron chi connectivity index (χ4n) is 5.68. The molecule has 0 radical (unpaired) electrons. The van der Waals surface area contributed by atoms with Crippen molar-refractivity contribution >= 4 is 17.8 Å². The number of benzene rings is 2. The molecule has 0 bridgehead atoms. The normalized spacial score (nSPS) is 20.2. The van der Waals surface area contributed by atoms with E-state index in [0.29, 0.717) is 31.2 Å². The van der Waals surface area contributed by atoms with Crippen LogP contribution in [0.2, 0.25) is 0 Å². The molecule has 47 heavy (non-hydrogen) atoms. The molecular weight excluding hydrogens is 624 g/mol. The van der Waals surface area contributed by atoms with Gasteiger partial charge in [-0.25, -0.2) is 14.2 Å². The van der Waals surface area contributed by atoms with Gasteiger partial charge in [-0.15, -0.1) is 0 Å². The molecule has 1 aliphatic rings. The lowest BCUT2D eigenvalue weighted by Crippen LogP contribution is -2.43. The Bertz CT molecular complexity index is 1530. The quantitative estimate of drug-likeness (QED) is 0.158. The van der Waals surface area contributed by atoms with E-state index in [-0.39, 0.29) is 35.4 Å². The van der Waals surface area contributed by atoms with Gasteiger partial charge in [0.05, 0.1) is 12.7 Å². The third kappa shape index (κ3) is 9.66. The molecule has 1 fully saturated rings. The van der Waals surface area contributed by atoms with Crippen molar-refractivity contribution in [3.63, 3.8) is 0 Å². The first kappa shape index (κ1) is 35.2. The molecule has 1 amide bonds. The van der Waals surface area contributed by atoms with E-state index in [4.69, 9.17) is 18.9 Å². The van der Waals surface area contributed by atoms with Crippen LogP contribution in [0.15, 0.2) is 60.8 Å². The highest BCUT2D eigenvalue weighted by atomic mass is 19.4. The Kier molecular flexibility index (Phi) is 11.8. The van der Waals surface area contributed by atoms with Crippen LogP contribution >= 0.6 is 0 Å². The van der Waals surface area contributed by atoms with Gasteiger partial charge in [-0.2, -0.15) is 13.2 Å². The summed E-state index contributed by atoms with van der Waals surface area (Å²) < 4.78 is 74.7. The van der Waals surface area contributed by atoms with Gasteiger partial charge < -0.3 is 24.3 Å². The number of hydrogen-bond donors (Lipinski definition) is 1. The Morgan fingerprint density at radius 2 is 1.66 bits per heavy atom. The number of carbonyl (C=O) groups is 3. The maximum atomic E-state index is 13.7. The molecule has 0 aliphatic carbocycles. The Morgan fingerprint density at radius 1 is 1.00 bits per heavy atom. The molecule has 2 heterocycles. The average Bonchev–Trinajstić information content (AvgIpc) is 3.07. The number of ether oxygens (including phenoxy) is 4. The number of carbonyl (C=O) groups excluding carboxylic acids is 3. The van der Waals surface area contributed by atoms with E-state index >= 15 is 0 Å². The molecule has 252 valence electrons. The predicted octanol–water partition coefficient (Wildman–Crippen LogP) is 6.08. The highest BCUT2D eigenvalue weighted by Crippen LogP contribution is 2.35. The van der Waals surface area contributed by atoms with Gasteiger partial charge >= 0.3 is 18.1 Å². The molecule has 1 saturated heterocycles. The first-order valence-electron chi connectivity index (χ1n) is 15.1. The van der Waals surface area contributed by atoms with Crippen LogP contribution in [-0.2, 0) is 38.1 Å². The molecule has 3 aromatic rings. The Balaban J connectivity index is 1.56. The van der Waals surface area contributed by atoms with Crippen LogP contribution in [0.4, 0.5) is 17.6 Å². The zero-order valence-corrected chi connectivity index (χ0v) is 26.1. The molecule has 13 heteroatoms. The lowest BCUT2D eigenvalue weighted by atomic mass is 9.77. The number of esters is 2. The smallest absolute Gasteiger partial charge is 0.416 e. The summed E-state index contributed by atoms with van der Waals surface area (Å²) in [6.45, 7) is 2.43. The van der Waals surface area contributed by atoms with E-state index in [1.54, 1.807) is 19.1 Å². The van der Waals surface area contributed by atoms with Crippen LogP contribution in [0.25, 0.3) is 0 Å². The summed E-state index contributed by atoms with van der Waals surface area (Å²) >= 11 is 0. The van der Waals surface area contributed by atoms with Crippen LogP contribution in [0.1, 0.15) is 60.3 Å². The number of amides is 1. The maximum absolute atomic E-state index is 13.7. The van der Waals surface area contributed by atoms with Gasteiger partial charge in [0, 0.05) is 25.1 Å². The number of methoxy groups -OCH3 is 1. The zero-order chi connectivity index (χ0) is 34.1. The topological polar surface area (TPSA) is 113 Å². The fraction of sp³-hybridized carbons (Fsp3) is 0.412.